The molecule has 0 aliphatic heterocycles. The van der Waals surface area contributed by atoms with Crippen LogP contribution in [-0.4, -0.2) is 23.3 Å². The van der Waals surface area contributed by atoms with E-state index in [2.05, 4.69) is 6.07 Å². The molecule has 34 heavy (non-hydrogen) atoms. The van der Waals surface area contributed by atoms with Gasteiger partial charge in [0, 0.05) is 16.9 Å². The highest BCUT2D eigenvalue weighted by molar-refractivity contribution is 8.00. The Bertz CT molecular complexity index is 1260. The molecule has 1 atom stereocenters. The number of benzene rings is 3. The monoisotopic (exact) mass is 465 g/mol. The fraction of sp³-hybridized carbons (Fsp3) is 0.107. The van der Waals surface area contributed by atoms with Crippen LogP contribution in [-0.2, 0) is 4.79 Å². The molecular weight excluding hydrogens is 442 g/mol. The SMILES string of the molecule is COc1ccc(-c2ccc(C#N)c(SC(C)C(=O)N(c3ccccc3)c3ccccc3)n2)cc1. The largest absolute Gasteiger partial charge is 0.497 e. The van der Waals surface area contributed by atoms with Crippen molar-refractivity contribution in [1.82, 2.24) is 4.98 Å². The van der Waals surface area contributed by atoms with Gasteiger partial charge in [0.1, 0.15) is 16.8 Å². The van der Waals surface area contributed by atoms with E-state index in [9.17, 15) is 10.1 Å². The molecule has 1 heterocycles. The van der Waals surface area contributed by atoms with Gasteiger partial charge in [0.15, 0.2) is 0 Å². The van der Waals surface area contributed by atoms with Crippen LogP contribution in [0.25, 0.3) is 11.3 Å². The van der Waals surface area contributed by atoms with E-state index < -0.39 is 5.25 Å². The van der Waals surface area contributed by atoms with Crippen molar-refractivity contribution in [1.29, 1.82) is 5.26 Å². The van der Waals surface area contributed by atoms with E-state index in [1.165, 1.54) is 11.8 Å². The zero-order chi connectivity index (χ0) is 23.9. The number of methoxy groups -OCH3 is 1. The van der Waals surface area contributed by atoms with Crippen molar-refractivity contribution in [2.75, 3.05) is 12.0 Å². The number of thioether (sulfide) groups is 1. The van der Waals surface area contributed by atoms with Gasteiger partial charge in [-0.15, -0.1) is 0 Å². The molecule has 4 aromatic rings. The van der Waals surface area contributed by atoms with Crippen LogP contribution in [0, 0.1) is 11.3 Å². The number of nitriles is 1. The van der Waals surface area contributed by atoms with Crippen molar-refractivity contribution in [2.24, 2.45) is 0 Å². The smallest absolute Gasteiger partial charge is 0.244 e. The number of carbonyl (C=O) groups excluding carboxylic acids is 1. The molecule has 0 fully saturated rings. The number of carbonyl (C=O) groups is 1. The molecule has 4 rings (SSSR count). The first-order valence-electron chi connectivity index (χ1n) is 10.8. The number of rotatable bonds is 7. The minimum Gasteiger partial charge on any atom is -0.497 e. The number of hydrogen-bond acceptors (Lipinski definition) is 5. The lowest BCUT2D eigenvalue weighted by atomic mass is 10.1. The molecule has 0 saturated heterocycles. The summed E-state index contributed by atoms with van der Waals surface area (Å²) in [4.78, 5) is 20.1. The van der Waals surface area contributed by atoms with Crippen molar-refractivity contribution < 1.29 is 9.53 Å². The van der Waals surface area contributed by atoms with E-state index in [0.29, 0.717) is 10.6 Å². The minimum atomic E-state index is -0.480. The predicted octanol–water partition coefficient (Wildman–Crippen LogP) is 6.47. The molecule has 0 saturated carbocycles. The van der Waals surface area contributed by atoms with Crippen LogP contribution in [0.5, 0.6) is 5.75 Å². The molecular formula is C28H23N3O2S. The van der Waals surface area contributed by atoms with Gasteiger partial charge in [0.2, 0.25) is 5.91 Å². The highest BCUT2D eigenvalue weighted by Gasteiger charge is 2.26. The molecule has 3 aromatic carbocycles. The molecule has 0 N–H and O–H groups in total. The Morgan fingerprint density at radius 1 is 0.912 bits per heavy atom. The molecule has 168 valence electrons. The topological polar surface area (TPSA) is 66.2 Å². The Labute approximate surface area is 203 Å². The second kappa shape index (κ2) is 10.7. The number of amides is 1. The van der Waals surface area contributed by atoms with E-state index in [4.69, 9.17) is 9.72 Å². The second-order valence-electron chi connectivity index (χ2n) is 7.49. The van der Waals surface area contributed by atoms with E-state index >= 15 is 0 Å². The van der Waals surface area contributed by atoms with Gasteiger partial charge in [0.25, 0.3) is 0 Å². The molecule has 1 amide bonds. The molecule has 0 aliphatic rings. The normalized spacial score (nSPS) is 11.3. The maximum absolute atomic E-state index is 13.7. The maximum atomic E-state index is 13.7. The lowest BCUT2D eigenvalue weighted by Gasteiger charge is -2.26. The highest BCUT2D eigenvalue weighted by Crippen LogP contribution is 2.33. The van der Waals surface area contributed by atoms with Gasteiger partial charge in [-0.2, -0.15) is 5.26 Å². The summed E-state index contributed by atoms with van der Waals surface area (Å²) in [5, 5.41) is 9.69. The van der Waals surface area contributed by atoms with E-state index in [1.54, 1.807) is 18.1 Å². The van der Waals surface area contributed by atoms with Crippen LogP contribution in [0.3, 0.4) is 0 Å². The number of pyridine rings is 1. The maximum Gasteiger partial charge on any atom is 0.244 e. The van der Waals surface area contributed by atoms with Crippen molar-refractivity contribution in [3.8, 4) is 23.1 Å². The van der Waals surface area contributed by atoms with Crippen LogP contribution in [0.1, 0.15) is 12.5 Å². The summed E-state index contributed by atoms with van der Waals surface area (Å²) in [6.45, 7) is 1.84. The third-order valence-electron chi connectivity index (χ3n) is 5.25. The molecule has 1 aromatic heterocycles. The fourth-order valence-corrected chi connectivity index (χ4v) is 4.43. The first-order valence-corrected chi connectivity index (χ1v) is 11.6. The number of anilines is 2. The zero-order valence-corrected chi connectivity index (χ0v) is 19.7. The quantitative estimate of drug-likeness (QED) is 0.293. The summed E-state index contributed by atoms with van der Waals surface area (Å²) in [5.41, 5.74) is 3.64. The van der Waals surface area contributed by atoms with Gasteiger partial charge in [-0.05, 0) is 67.6 Å². The van der Waals surface area contributed by atoms with Crippen LogP contribution in [0.4, 0.5) is 11.4 Å². The summed E-state index contributed by atoms with van der Waals surface area (Å²) in [5.74, 6) is 0.663. The molecule has 0 spiro atoms. The Morgan fingerprint density at radius 3 is 2.03 bits per heavy atom. The van der Waals surface area contributed by atoms with Gasteiger partial charge >= 0.3 is 0 Å². The Morgan fingerprint density at radius 2 is 1.50 bits per heavy atom. The van der Waals surface area contributed by atoms with E-state index in [0.717, 1.165) is 28.4 Å². The van der Waals surface area contributed by atoms with Crippen molar-refractivity contribution in [3.05, 3.63) is 103 Å². The van der Waals surface area contributed by atoms with Gasteiger partial charge in [-0.25, -0.2) is 4.98 Å². The van der Waals surface area contributed by atoms with Crippen LogP contribution >= 0.6 is 11.8 Å². The Balaban J connectivity index is 1.64. The number of hydrogen-bond donors (Lipinski definition) is 0. The zero-order valence-electron chi connectivity index (χ0n) is 18.9. The minimum absolute atomic E-state index is 0.0945. The predicted molar refractivity (Wildman–Crippen MR) is 136 cm³/mol. The van der Waals surface area contributed by atoms with Gasteiger partial charge in [0.05, 0.1) is 23.6 Å². The molecule has 5 nitrogen and oxygen atoms in total. The summed E-state index contributed by atoms with van der Waals surface area (Å²) in [7, 11) is 1.62. The lowest BCUT2D eigenvalue weighted by molar-refractivity contribution is -0.117. The van der Waals surface area contributed by atoms with Crippen molar-refractivity contribution in [3.63, 3.8) is 0 Å². The molecule has 0 aliphatic carbocycles. The number of para-hydroxylation sites is 2. The van der Waals surface area contributed by atoms with Gasteiger partial charge < -0.3 is 4.74 Å². The van der Waals surface area contributed by atoms with Crippen LogP contribution < -0.4 is 9.64 Å². The van der Waals surface area contributed by atoms with Gasteiger partial charge in [-0.3, -0.25) is 9.69 Å². The first kappa shape index (κ1) is 23.1. The fourth-order valence-electron chi connectivity index (χ4n) is 3.50. The average Bonchev–Trinajstić information content (AvgIpc) is 2.90. The van der Waals surface area contributed by atoms with Crippen LogP contribution in [0.2, 0.25) is 0 Å². The average molecular weight is 466 g/mol. The molecule has 6 heteroatoms. The summed E-state index contributed by atoms with van der Waals surface area (Å²) < 4.78 is 5.23. The third kappa shape index (κ3) is 5.11. The van der Waals surface area contributed by atoms with Crippen molar-refractivity contribution in [2.45, 2.75) is 17.2 Å². The number of ether oxygens (including phenoxy) is 1. The molecule has 0 bridgehead atoms. The Kier molecular flexibility index (Phi) is 7.26. The number of nitrogens with zero attached hydrogens (tertiary/aromatic N) is 3. The van der Waals surface area contributed by atoms with Crippen LogP contribution in [0.15, 0.2) is 102 Å². The van der Waals surface area contributed by atoms with E-state index in [1.807, 2.05) is 97.9 Å². The Hall–Kier alpha value is -4.08. The van der Waals surface area contributed by atoms with Gasteiger partial charge in [-0.1, -0.05) is 48.2 Å². The van der Waals surface area contributed by atoms with Crippen molar-refractivity contribution >= 4 is 29.0 Å². The van der Waals surface area contributed by atoms with E-state index in [-0.39, 0.29) is 5.91 Å². The number of aromatic nitrogens is 1. The summed E-state index contributed by atoms with van der Waals surface area (Å²) in [6.07, 6.45) is 0. The summed E-state index contributed by atoms with van der Waals surface area (Å²) in [6, 6.07) is 32.4. The highest BCUT2D eigenvalue weighted by atomic mass is 32.2. The first-order chi connectivity index (χ1) is 16.6. The molecule has 0 radical (unpaired) electrons. The third-order valence-corrected chi connectivity index (χ3v) is 6.34. The molecule has 1 unspecified atom stereocenters. The second-order valence-corrected chi connectivity index (χ2v) is 8.82. The lowest BCUT2D eigenvalue weighted by Crippen LogP contribution is -2.32. The summed E-state index contributed by atoms with van der Waals surface area (Å²) >= 11 is 1.29. The standard InChI is InChI=1S/C28H23N3O2S/c1-20(28(32)31(23-9-5-3-6-10-23)24-11-7-4-8-12-24)34-27-22(19-29)15-18-26(30-27)21-13-16-25(33-2)17-14-21/h3-18,20H,1-2H3.